The first kappa shape index (κ1) is 16.2. The molecule has 1 fully saturated rings. The van der Waals surface area contributed by atoms with Crippen LogP contribution >= 0.6 is 11.3 Å². The fraction of sp³-hybridized carbons (Fsp3) is 0.421. The van der Waals surface area contributed by atoms with E-state index in [1.54, 1.807) is 11.3 Å². The standard InChI is InChI=1S/C19H24N2OS/c1-15-9-11-21(12-10-15)14-18(22)20-19(17-8-5-13-23-17)16-6-3-2-4-7-16/h2-8,13,15,19H,9-12,14H2,1H3,(H,20,22)/t19-/m1/s1. The summed E-state index contributed by atoms with van der Waals surface area (Å²) < 4.78 is 0. The fourth-order valence-electron chi connectivity index (χ4n) is 3.05. The normalized spacial score (nSPS) is 17.8. The molecule has 1 atom stereocenters. The minimum Gasteiger partial charge on any atom is -0.343 e. The Hall–Kier alpha value is -1.65. The van der Waals surface area contributed by atoms with Crippen LogP contribution in [-0.2, 0) is 4.79 Å². The summed E-state index contributed by atoms with van der Waals surface area (Å²) >= 11 is 1.69. The number of carbonyl (C=O) groups excluding carboxylic acids is 1. The molecule has 1 aliphatic heterocycles. The number of hydrogen-bond acceptors (Lipinski definition) is 3. The quantitative estimate of drug-likeness (QED) is 0.908. The minimum atomic E-state index is -0.0487. The summed E-state index contributed by atoms with van der Waals surface area (Å²) in [7, 11) is 0. The van der Waals surface area contributed by atoms with Gasteiger partial charge in [0.1, 0.15) is 0 Å². The van der Waals surface area contributed by atoms with Gasteiger partial charge >= 0.3 is 0 Å². The monoisotopic (exact) mass is 328 g/mol. The SMILES string of the molecule is CC1CCN(CC(=O)N[C@H](c2ccccc2)c2cccs2)CC1. The van der Waals surface area contributed by atoms with E-state index in [4.69, 9.17) is 0 Å². The molecule has 23 heavy (non-hydrogen) atoms. The number of hydrogen-bond donors (Lipinski definition) is 1. The molecule has 0 spiro atoms. The summed E-state index contributed by atoms with van der Waals surface area (Å²) in [4.78, 5) is 16.0. The van der Waals surface area contributed by atoms with E-state index in [0.29, 0.717) is 6.54 Å². The van der Waals surface area contributed by atoms with Gasteiger partial charge in [0.25, 0.3) is 0 Å². The van der Waals surface area contributed by atoms with Gasteiger partial charge in [-0.25, -0.2) is 0 Å². The first-order chi connectivity index (χ1) is 11.2. The summed E-state index contributed by atoms with van der Waals surface area (Å²) in [5, 5.41) is 5.28. The van der Waals surface area contributed by atoms with Gasteiger partial charge in [-0.3, -0.25) is 9.69 Å². The number of nitrogens with one attached hydrogen (secondary N) is 1. The van der Waals surface area contributed by atoms with Gasteiger partial charge in [0.05, 0.1) is 12.6 Å². The Morgan fingerprint density at radius 2 is 1.96 bits per heavy atom. The highest BCUT2D eigenvalue weighted by atomic mass is 32.1. The Morgan fingerprint density at radius 1 is 1.22 bits per heavy atom. The molecule has 1 aromatic heterocycles. The van der Waals surface area contributed by atoms with Gasteiger partial charge in [-0.2, -0.15) is 0 Å². The molecule has 3 nitrogen and oxygen atoms in total. The number of benzene rings is 1. The van der Waals surface area contributed by atoms with Gasteiger partial charge < -0.3 is 5.32 Å². The summed E-state index contributed by atoms with van der Waals surface area (Å²) in [6.07, 6.45) is 2.39. The van der Waals surface area contributed by atoms with E-state index in [1.165, 1.54) is 17.7 Å². The molecule has 2 heterocycles. The van der Waals surface area contributed by atoms with Gasteiger partial charge in [-0.1, -0.05) is 43.3 Å². The minimum absolute atomic E-state index is 0.0487. The van der Waals surface area contributed by atoms with E-state index in [1.807, 2.05) is 24.3 Å². The first-order valence-corrected chi connectivity index (χ1v) is 9.20. The number of carbonyl (C=O) groups is 1. The third-order valence-electron chi connectivity index (χ3n) is 4.51. The third kappa shape index (κ3) is 4.43. The molecule has 122 valence electrons. The molecule has 4 heteroatoms. The van der Waals surface area contributed by atoms with Crippen LogP contribution in [0.2, 0.25) is 0 Å². The van der Waals surface area contributed by atoms with Crippen molar-refractivity contribution in [2.45, 2.75) is 25.8 Å². The molecule has 3 rings (SSSR count). The number of piperidine rings is 1. The maximum Gasteiger partial charge on any atom is 0.234 e. The van der Waals surface area contributed by atoms with Crippen LogP contribution in [0.5, 0.6) is 0 Å². The highest BCUT2D eigenvalue weighted by molar-refractivity contribution is 7.10. The topological polar surface area (TPSA) is 32.3 Å². The van der Waals surface area contributed by atoms with E-state index in [0.717, 1.165) is 24.6 Å². The summed E-state index contributed by atoms with van der Waals surface area (Å²) in [5.41, 5.74) is 1.13. The largest absolute Gasteiger partial charge is 0.343 e. The number of thiophene rings is 1. The van der Waals surface area contributed by atoms with Crippen molar-refractivity contribution in [1.82, 2.24) is 10.2 Å². The Labute approximate surface area is 142 Å². The van der Waals surface area contributed by atoms with Crippen LogP contribution in [0.25, 0.3) is 0 Å². The van der Waals surface area contributed by atoms with Gasteiger partial charge in [0, 0.05) is 4.88 Å². The zero-order chi connectivity index (χ0) is 16.1. The van der Waals surface area contributed by atoms with Crippen LogP contribution in [0.15, 0.2) is 47.8 Å². The Balaban J connectivity index is 1.65. The molecule has 0 radical (unpaired) electrons. The molecule has 0 bridgehead atoms. The lowest BCUT2D eigenvalue weighted by Crippen LogP contribution is -2.42. The van der Waals surface area contributed by atoms with Crippen LogP contribution in [0.4, 0.5) is 0 Å². The summed E-state index contributed by atoms with van der Waals surface area (Å²) in [6.45, 7) is 4.86. The fourth-order valence-corrected chi connectivity index (χ4v) is 3.85. The molecule has 0 saturated carbocycles. The third-order valence-corrected chi connectivity index (χ3v) is 5.45. The van der Waals surface area contributed by atoms with Gasteiger partial charge in [0.15, 0.2) is 0 Å². The highest BCUT2D eigenvalue weighted by Crippen LogP contribution is 2.26. The molecular weight excluding hydrogens is 304 g/mol. The van der Waals surface area contributed by atoms with Crippen molar-refractivity contribution in [2.75, 3.05) is 19.6 Å². The van der Waals surface area contributed by atoms with Crippen molar-refractivity contribution in [1.29, 1.82) is 0 Å². The average molecular weight is 328 g/mol. The number of amides is 1. The maximum absolute atomic E-state index is 12.5. The molecular formula is C19H24N2OS. The van der Waals surface area contributed by atoms with Crippen LogP contribution in [-0.4, -0.2) is 30.4 Å². The summed E-state index contributed by atoms with van der Waals surface area (Å²) in [5.74, 6) is 0.902. The zero-order valence-corrected chi connectivity index (χ0v) is 14.4. The average Bonchev–Trinajstić information content (AvgIpc) is 3.10. The molecule has 1 N–H and O–H groups in total. The van der Waals surface area contributed by atoms with E-state index >= 15 is 0 Å². The summed E-state index contributed by atoms with van der Waals surface area (Å²) in [6, 6.07) is 14.3. The number of nitrogens with zero attached hydrogens (tertiary/aromatic N) is 1. The maximum atomic E-state index is 12.5. The molecule has 2 aromatic rings. The second-order valence-electron chi connectivity index (χ2n) is 6.39. The number of likely N-dealkylation sites (tertiary alicyclic amines) is 1. The lowest BCUT2D eigenvalue weighted by Gasteiger charge is -2.30. The highest BCUT2D eigenvalue weighted by Gasteiger charge is 2.21. The molecule has 0 aliphatic carbocycles. The Bertz CT molecular complexity index is 604. The van der Waals surface area contributed by atoms with E-state index in [9.17, 15) is 4.79 Å². The second-order valence-corrected chi connectivity index (χ2v) is 7.36. The van der Waals surface area contributed by atoms with Gasteiger partial charge in [-0.15, -0.1) is 11.3 Å². The van der Waals surface area contributed by atoms with Crippen LogP contribution < -0.4 is 5.32 Å². The lowest BCUT2D eigenvalue weighted by molar-refractivity contribution is -0.123. The predicted octanol–water partition coefficient (Wildman–Crippen LogP) is 3.69. The molecule has 1 amide bonds. The Morgan fingerprint density at radius 3 is 2.61 bits per heavy atom. The van der Waals surface area contributed by atoms with E-state index in [2.05, 4.69) is 40.7 Å². The van der Waals surface area contributed by atoms with Crippen molar-refractivity contribution < 1.29 is 4.79 Å². The van der Waals surface area contributed by atoms with Crippen molar-refractivity contribution in [2.24, 2.45) is 5.92 Å². The lowest BCUT2D eigenvalue weighted by atomic mass is 9.99. The van der Waals surface area contributed by atoms with Gasteiger partial charge in [-0.05, 0) is 48.9 Å². The second kappa shape index (κ2) is 7.75. The van der Waals surface area contributed by atoms with Crippen molar-refractivity contribution >= 4 is 17.2 Å². The molecule has 0 unspecified atom stereocenters. The smallest absolute Gasteiger partial charge is 0.234 e. The zero-order valence-electron chi connectivity index (χ0n) is 13.6. The van der Waals surface area contributed by atoms with E-state index < -0.39 is 0 Å². The molecule has 1 aromatic carbocycles. The molecule has 1 saturated heterocycles. The Kier molecular flexibility index (Phi) is 5.47. The van der Waals surface area contributed by atoms with Crippen LogP contribution in [0, 0.1) is 5.92 Å². The van der Waals surface area contributed by atoms with Gasteiger partial charge in [0.2, 0.25) is 5.91 Å². The van der Waals surface area contributed by atoms with Crippen molar-refractivity contribution in [3.63, 3.8) is 0 Å². The van der Waals surface area contributed by atoms with Crippen molar-refractivity contribution in [3.8, 4) is 0 Å². The molecule has 1 aliphatic rings. The van der Waals surface area contributed by atoms with E-state index in [-0.39, 0.29) is 11.9 Å². The van der Waals surface area contributed by atoms with Crippen LogP contribution in [0.1, 0.15) is 36.2 Å². The predicted molar refractivity (Wildman–Crippen MR) is 95.6 cm³/mol. The number of rotatable bonds is 5. The van der Waals surface area contributed by atoms with Crippen molar-refractivity contribution in [3.05, 3.63) is 58.3 Å². The van der Waals surface area contributed by atoms with Crippen LogP contribution in [0.3, 0.4) is 0 Å². The first-order valence-electron chi connectivity index (χ1n) is 8.32.